The summed E-state index contributed by atoms with van der Waals surface area (Å²) in [7, 11) is 0. The summed E-state index contributed by atoms with van der Waals surface area (Å²) in [4.78, 5) is 49.6. The molecule has 0 saturated carbocycles. The van der Waals surface area contributed by atoms with Gasteiger partial charge in [0.05, 0.1) is 6.04 Å². The monoisotopic (exact) mass is 511 g/mol. The van der Waals surface area contributed by atoms with Gasteiger partial charge in [-0.3, -0.25) is 14.4 Å². The molecule has 35 heavy (non-hydrogen) atoms. The summed E-state index contributed by atoms with van der Waals surface area (Å²) < 4.78 is 0. The molecule has 0 aromatic heterocycles. The summed E-state index contributed by atoms with van der Waals surface area (Å²) in [6.07, 6.45) is 3.94. The summed E-state index contributed by atoms with van der Waals surface area (Å²) in [5.74, 6) is -2.39. The molecule has 0 aliphatic carbocycles. The highest BCUT2D eigenvalue weighted by Gasteiger charge is 2.29. The highest BCUT2D eigenvalue weighted by molar-refractivity contribution is 7.98. The second-order valence-electron chi connectivity index (χ2n) is 8.23. The Morgan fingerprint density at radius 1 is 0.943 bits per heavy atom. The van der Waals surface area contributed by atoms with Crippen LogP contribution in [0.5, 0.6) is 5.75 Å². The number of nitrogens with one attached hydrogen (secondary N) is 3. The lowest BCUT2D eigenvalue weighted by molar-refractivity contribution is -0.142. The number of carbonyl (C=O) groups is 4. The van der Waals surface area contributed by atoms with E-state index in [-0.39, 0.29) is 18.6 Å². The predicted molar refractivity (Wildman–Crippen MR) is 135 cm³/mol. The number of unbranched alkanes of at least 4 members (excludes halogenated alkanes) is 1. The van der Waals surface area contributed by atoms with Crippen molar-refractivity contribution in [1.29, 1.82) is 0 Å². The lowest BCUT2D eigenvalue weighted by Gasteiger charge is -2.24. The maximum absolute atomic E-state index is 13.0. The van der Waals surface area contributed by atoms with Gasteiger partial charge in [-0.15, -0.1) is 0 Å². The molecule has 1 rings (SSSR count). The maximum atomic E-state index is 13.0. The topological polar surface area (TPSA) is 197 Å². The number of carboxylic acids is 1. The van der Waals surface area contributed by atoms with Gasteiger partial charge in [0.25, 0.3) is 0 Å². The van der Waals surface area contributed by atoms with Crippen molar-refractivity contribution in [3.05, 3.63) is 29.8 Å². The molecule has 0 radical (unpaired) electrons. The fraction of sp³-hybridized carbons (Fsp3) is 0.565. The van der Waals surface area contributed by atoms with Gasteiger partial charge in [0.15, 0.2) is 0 Å². The van der Waals surface area contributed by atoms with Crippen LogP contribution >= 0.6 is 11.8 Å². The second-order valence-corrected chi connectivity index (χ2v) is 9.22. The minimum atomic E-state index is -1.17. The summed E-state index contributed by atoms with van der Waals surface area (Å²) in [5, 5.41) is 26.6. The summed E-state index contributed by atoms with van der Waals surface area (Å²) in [5.41, 5.74) is 11.9. The van der Waals surface area contributed by atoms with E-state index in [0.29, 0.717) is 30.7 Å². The van der Waals surface area contributed by atoms with Gasteiger partial charge in [0.1, 0.15) is 23.9 Å². The molecule has 4 unspecified atom stereocenters. The van der Waals surface area contributed by atoms with Gasteiger partial charge in [-0.2, -0.15) is 11.8 Å². The van der Waals surface area contributed by atoms with Crippen LogP contribution in [0, 0.1) is 0 Å². The van der Waals surface area contributed by atoms with Crippen LogP contribution in [-0.2, 0) is 25.6 Å². The Kier molecular flexibility index (Phi) is 13.8. The normalized spacial score (nSPS) is 14.3. The predicted octanol–water partition coefficient (Wildman–Crippen LogP) is -0.297. The number of hydrogen-bond donors (Lipinski definition) is 7. The van der Waals surface area contributed by atoms with Crippen molar-refractivity contribution in [3.8, 4) is 5.75 Å². The van der Waals surface area contributed by atoms with Crippen LogP contribution < -0.4 is 27.4 Å². The number of carbonyl (C=O) groups excluding carboxylic acids is 3. The smallest absolute Gasteiger partial charge is 0.326 e. The van der Waals surface area contributed by atoms with Crippen molar-refractivity contribution in [2.24, 2.45) is 11.5 Å². The van der Waals surface area contributed by atoms with Gasteiger partial charge >= 0.3 is 5.97 Å². The van der Waals surface area contributed by atoms with E-state index in [2.05, 4.69) is 16.0 Å². The van der Waals surface area contributed by atoms with Crippen LogP contribution in [0.3, 0.4) is 0 Å². The lowest BCUT2D eigenvalue weighted by atomic mass is 10.0. The molecular weight excluding hydrogens is 474 g/mol. The van der Waals surface area contributed by atoms with Gasteiger partial charge < -0.3 is 37.6 Å². The fourth-order valence-electron chi connectivity index (χ4n) is 3.16. The van der Waals surface area contributed by atoms with E-state index in [0.717, 1.165) is 6.42 Å². The molecule has 1 aromatic carbocycles. The summed E-state index contributed by atoms with van der Waals surface area (Å²) in [6, 6.07) is 2.08. The Morgan fingerprint density at radius 3 is 2.14 bits per heavy atom. The van der Waals surface area contributed by atoms with Crippen LogP contribution in [0.25, 0.3) is 0 Å². The minimum Gasteiger partial charge on any atom is -0.508 e. The second kappa shape index (κ2) is 16.0. The zero-order chi connectivity index (χ0) is 26.4. The molecule has 196 valence electrons. The number of amides is 3. The lowest BCUT2D eigenvalue weighted by Crippen LogP contribution is -2.57. The van der Waals surface area contributed by atoms with E-state index in [9.17, 15) is 29.4 Å². The Balaban J connectivity index is 2.90. The van der Waals surface area contributed by atoms with Gasteiger partial charge in [-0.25, -0.2) is 4.79 Å². The number of aliphatic carboxylic acids is 1. The third-order valence-corrected chi connectivity index (χ3v) is 5.94. The first-order chi connectivity index (χ1) is 16.6. The third-order valence-electron chi connectivity index (χ3n) is 5.29. The number of phenols is 1. The van der Waals surface area contributed by atoms with E-state index in [1.807, 2.05) is 6.26 Å². The zero-order valence-corrected chi connectivity index (χ0v) is 21.0. The zero-order valence-electron chi connectivity index (χ0n) is 20.2. The number of carboxylic acid groups (broad SMARTS) is 1. The first-order valence-corrected chi connectivity index (χ1v) is 12.8. The minimum absolute atomic E-state index is 0.0425. The van der Waals surface area contributed by atoms with Gasteiger partial charge in [-0.05, 0) is 62.4 Å². The van der Waals surface area contributed by atoms with Crippen molar-refractivity contribution in [3.63, 3.8) is 0 Å². The highest BCUT2D eigenvalue weighted by Crippen LogP contribution is 2.12. The number of nitrogens with two attached hydrogens (primary N) is 2. The third kappa shape index (κ3) is 11.4. The molecule has 12 heteroatoms. The van der Waals surface area contributed by atoms with Gasteiger partial charge in [0.2, 0.25) is 17.7 Å². The average Bonchev–Trinajstić information content (AvgIpc) is 2.82. The molecule has 9 N–H and O–H groups in total. The number of thioether (sulfide) groups is 1. The van der Waals surface area contributed by atoms with Crippen LogP contribution in [0.4, 0.5) is 0 Å². The standard InChI is InChI=1S/C23H37N5O6S/c1-14(26-21(31)17(25)5-3-4-11-24)20(30)28-19(13-15-6-8-16(29)9-7-15)22(32)27-18(23(33)34)10-12-35-2/h6-9,14,17-19,29H,3-5,10-13,24-25H2,1-2H3,(H,26,31)(H,27,32)(H,28,30)(H,33,34). The molecule has 11 nitrogen and oxygen atoms in total. The maximum Gasteiger partial charge on any atom is 0.326 e. The van der Waals surface area contributed by atoms with Gasteiger partial charge in [-0.1, -0.05) is 18.6 Å². The molecule has 0 bridgehead atoms. The van der Waals surface area contributed by atoms with Crippen LogP contribution in [0.15, 0.2) is 24.3 Å². The van der Waals surface area contributed by atoms with E-state index in [1.54, 1.807) is 12.1 Å². The van der Waals surface area contributed by atoms with Crippen LogP contribution in [-0.4, -0.2) is 76.6 Å². The van der Waals surface area contributed by atoms with Crippen molar-refractivity contribution in [2.75, 3.05) is 18.6 Å². The number of benzene rings is 1. The van der Waals surface area contributed by atoms with Crippen molar-refractivity contribution in [1.82, 2.24) is 16.0 Å². The van der Waals surface area contributed by atoms with Crippen molar-refractivity contribution < 1.29 is 29.4 Å². The van der Waals surface area contributed by atoms with E-state index >= 15 is 0 Å². The molecule has 0 aliphatic heterocycles. The Labute approximate surface area is 209 Å². The van der Waals surface area contributed by atoms with Crippen LogP contribution in [0.2, 0.25) is 0 Å². The van der Waals surface area contributed by atoms with E-state index in [4.69, 9.17) is 11.5 Å². The molecule has 0 saturated heterocycles. The molecular formula is C23H37N5O6S. The Bertz CT molecular complexity index is 838. The molecule has 0 spiro atoms. The average molecular weight is 512 g/mol. The molecule has 4 atom stereocenters. The Hall–Kier alpha value is -2.83. The molecule has 0 aliphatic rings. The van der Waals surface area contributed by atoms with Crippen molar-refractivity contribution in [2.45, 2.75) is 63.2 Å². The fourth-order valence-corrected chi connectivity index (χ4v) is 3.64. The molecule has 3 amide bonds. The quantitative estimate of drug-likeness (QED) is 0.146. The van der Waals surface area contributed by atoms with Crippen molar-refractivity contribution >= 4 is 35.5 Å². The molecule has 1 aromatic rings. The summed E-state index contributed by atoms with van der Waals surface area (Å²) >= 11 is 1.45. The number of rotatable bonds is 16. The number of aromatic hydroxyl groups is 1. The number of hydrogen-bond acceptors (Lipinski definition) is 8. The van der Waals surface area contributed by atoms with Crippen LogP contribution in [0.1, 0.15) is 38.2 Å². The Morgan fingerprint density at radius 2 is 1.57 bits per heavy atom. The largest absolute Gasteiger partial charge is 0.508 e. The first kappa shape index (κ1) is 30.2. The SMILES string of the molecule is CSCCC(NC(=O)C(Cc1ccc(O)cc1)NC(=O)C(C)NC(=O)C(N)CCCCN)C(=O)O. The van der Waals surface area contributed by atoms with Gasteiger partial charge in [0, 0.05) is 6.42 Å². The number of phenolic OH excluding ortho intramolecular Hbond substituents is 1. The first-order valence-electron chi connectivity index (χ1n) is 11.4. The molecule has 0 fully saturated rings. The highest BCUT2D eigenvalue weighted by atomic mass is 32.2. The summed E-state index contributed by atoms with van der Waals surface area (Å²) in [6.45, 7) is 1.96. The van der Waals surface area contributed by atoms with E-state index < -0.39 is 47.9 Å². The molecule has 0 heterocycles. The van der Waals surface area contributed by atoms with E-state index in [1.165, 1.54) is 30.8 Å².